The highest BCUT2D eigenvalue weighted by Gasteiger charge is 2.35. The van der Waals surface area contributed by atoms with Gasteiger partial charge in [0.05, 0.1) is 6.04 Å². The highest BCUT2D eigenvalue weighted by Crippen LogP contribution is 2.22. The number of carboxylic acid groups (broad SMARTS) is 1. The predicted molar refractivity (Wildman–Crippen MR) is 73.3 cm³/mol. The minimum absolute atomic E-state index is 0.129. The number of aliphatic carboxylic acids is 1. The number of carbonyl (C=O) groups excluding carboxylic acids is 1. The molecule has 5 nitrogen and oxygen atoms in total. The fraction of sp³-hybridized carbons (Fsp3) is 0.467. The number of carbonyl (C=O) groups is 2. The van der Waals surface area contributed by atoms with Crippen molar-refractivity contribution >= 4 is 11.9 Å². The van der Waals surface area contributed by atoms with E-state index in [1.165, 1.54) is 0 Å². The molecule has 0 aliphatic carbocycles. The Kier molecular flexibility index (Phi) is 4.39. The highest BCUT2D eigenvalue weighted by molar-refractivity contribution is 5.83. The van der Waals surface area contributed by atoms with E-state index in [4.69, 9.17) is 9.84 Å². The van der Waals surface area contributed by atoms with E-state index in [1.807, 2.05) is 38.1 Å². The maximum absolute atomic E-state index is 12.1. The van der Waals surface area contributed by atoms with Gasteiger partial charge in [-0.05, 0) is 37.8 Å². The van der Waals surface area contributed by atoms with Crippen molar-refractivity contribution in [3.63, 3.8) is 0 Å². The van der Waals surface area contributed by atoms with E-state index in [-0.39, 0.29) is 11.9 Å². The van der Waals surface area contributed by atoms with Gasteiger partial charge in [0.15, 0.2) is 6.10 Å². The van der Waals surface area contributed by atoms with Crippen LogP contribution in [0.3, 0.4) is 0 Å². The average molecular weight is 277 g/mol. The van der Waals surface area contributed by atoms with Gasteiger partial charge in [-0.3, -0.25) is 4.79 Å². The van der Waals surface area contributed by atoms with Crippen molar-refractivity contribution in [1.29, 1.82) is 0 Å². The number of nitrogens with one attached hydrogen (secondary N) is 1. The van der Waals surface area contributed by atoms with Gasteiger partial charge in [0.2, 0.25) is 5.91 Å². The molecule has 5 heteroatoms. The third-order valence-corrected chi connectivity index (χ3v) is 3.60. The fourth-order valence-corrected chi connectivity index (χ4v) is 2.47. The largest absolute Gasteiger partial charge is 0.479 e. The zero-order valence-corrected chi connectivity index (χ0v) is 11.6. The SMILES string of the molecule is Cc1ccccc1[C@H](C)NC(=O)[C@@H]1CC[C@H](C(=O)O)O1. The zero-order valence-electron chi connectivity index (χ0n) is 11.6. The minimum Gasteiger partial charge on any atom is -0.479 e. The summed E-state index contributed by atoms with van der Waals surface area (Å²) in [6, 6.07) is 7.71. The van der Waals surface area contributed by atoms with Crippen molar-refractivity contribution in [2.24, 2.45) is 0 Å². The number of amides is 1. The van der Waals surface area contributed by atoms with Crippen LogP contribution in [0, 0.1) is 6.92 Å². The summed E-state index contributed by atoms with van der Waals surface area (Å²) < 4.78 is 5.24. The molecule has 108 valence electrons. The lowest BCUT2D eigenvalue weighted by molar-refractivity contribution is -0.151. The van der Waals surface area contributed by atoms with E-state index in [0.29, 0.717) is 12.8 Å². The lowest BCUT2D eigenvalue weighted by atomic mass is 10.0. The molecule has 1 aromatic carbocycles. The van der Waals surface area contributed by atoms with Gasteiger partial charge in [-0.1, -0.05) is 24.3 Å². The Morgan fingerprint density at radius 1 is 1.30 bits per heavy atom. The summed E-state index contributed by atoms with van der Waals surface area (Å²) in [6.45, 7) is 3.90. The molecule has 1 fully saturated rings. The molecule has 1 saturated heterocycles. The van der Waals surface area contributed by atoms with E-state index < -0.39 is 18.2 Å². The summed E-state index contributed by atoms with van der Waals surface area (Å²) in [5.74, 6) is -1.25. The predicted octanol–water partition coefficient (Wildman–Crippen LogP) is 1.80. The van der Waals surface area contributed by atoms with Crippen LogP contribution < -0.4 is 5.32 Å². The summed E-state index contributed by atoms with van der Waals surface area (Å²) in [4.78, 5) is 22.9. The first-order valence-corrected chi connectivity index (χ1v) is 6.73. The van der Waals surface area contributed by atoms with E-state index in [0.717, 1.165) is 11.1 Å². The first kappa shape index (κ1) is 14.5. The summed E-state index contributed by atoms with van der Waals surface area (Å²) in [5.41, 5.74) is 2.16. The summed E-state index contributed by atoms with van der Waals surface area (Å²) in [7, 11) is 0. The first-order valence-electron chi connectivity index (χ1n) is 6.73. The van der Waals surface area contributed by atoms with Gasteiger partial charge in [-0.15, -0.1) is 0 Å². The molecule has 1 aromatic rings. The Bertz CT molecular complexity index is 514. The van der Waals surface area contributed by atoms with Crippen molar-refractivity contribution in [3.05, 3.63) is 35.4 Å². The van der Waals surface area contributed by atoms with Crippen LogP contribution in [0.4, 0.5) is 0 Å². The van der Waals surface area contributed by atoms with Gasteiger partial charge in [0, 0.05) is 0 Å². The molecule has 2 rings (SSSR count). The molecule has 1 heterocycles. The molecule has 0 aromatic heterocycles. The number of carboxylic acids is 1. The Labute approximate surface area is 117 Å². The van der Waals surface area contributed by atoms with Gasteiger partial charge >= 0.3 is 5.97 Å². The molecule has 0 bridgehead atoms. The van der Waals surface area contributed by atoms with E-state index in [9.17, 15) is 9.59 Å². The highest BCUT2D eigenvalue weighted by atomic mass is 16.5. The lowest BCUT2D eigenvalue weighted by Crippen LogP contribution is -2.37. The summed E-state index contributed by atoms with van der Waals surface area (Å²) in [5, 5.41) is 11.7. The minimum atomic E-state index is -1.01. The maximum atomic E-state index is 12.1. The van der Waals surface area contributed by atoms with Crippen LogP contribution in [-0.2, 0) is 14.3 Å². The van der Waals surface area contributed by atoms with Crippen molar-refractivity contribution < 1.29 is 19.4 Å². The van der Waals surface area contributed by atoms with Gasteiger partial charge in [0.1, 0.15) is 6.10 Å². The number of hydrogen-bond acceptors (Lipinski definition) is 3. The Morgan fingerprint density at radius 2 is 1.95 bits per heavy atom. The van der Waals surface area contributed by atoms with Crippen LogP contribution in [0.25, 0.3) is 0 Å². The normalized spacial score (nSPS) is 23.3. The smallest absolute Gasteiger partial charge is 0.332 e. The first-order chi connectivity index (χ1) is 9.49. The monoisotopic (exact) mass is 277 g/mol. The number of rotatable bonds is 4. The Balaban J connectivity index is 1.95. The van der Waals surface area contributed by atoms with Crippen molar-refractivity contribution in [1.82, 2.24) is 5.32 Å². The number of aryl methyl sites for hydroxylation is 1. The van der Waals surface area contributed by atoms with E-state index in [2.05, 4.69) is 5.32 Å². The molecule has 0 spiro atoms. The third kappa shape index (κ3) is 3.17. The molecule has 2 N–H and O–H groups in total. The number of ether oxygens (including phenoxy) is 1. The molecular weight excluding hydrogens is 258 g/mol. The molecule has 0 saturated carbocycles. The van der Waals surface area contributed by atoms with E-state index >= 15 is 0 Å². The number of hydrogen-bond donors (Lipinski definition) is 2. The zero-order chi connectivity index (χ0) is 14.7. The quantitative estimate of drug-likeness (QED) is 0.880. The van der Waals surface area contributed by atoms with Crippen LogP contribution in [0.15, 0.2) is 24.3 Å². The lowest BCUT2D eigenvalue weighted by Gasteiger charge is -2.19. The van der Waals surface area contributed by atoms with Crippen LogP contribution in [0.2, 0.25) is 0 Å². The summed E-state index contributed by atoms with van der Waals surface area (Å²) >= 11 is 0. The molecular formula is C15H19NO4. The van der Waals surface area contributed by atoms with Gasteiger partial charge < -0.3 is 15.2 Å². The van der Waals surface area contributed by atoms with Crippen molar-refractivity contribution in [2.75, 3.05) is 0 Å². The summed E-state index contributed by atoms with van der Waals surface area (Å²) in [6.07, 6.45) is -0.697. The second kappa shape index (κ2) is 6.05. The molecule has 3 atom stereocenters. The van der Waals surface area contributed by atoms with Crippen LogP contribution in [-0.4, -0.2) is 29.2 Å². The second-order valence-electron chi connectivity index (χ2n) is 5.12. The van der Waals surface area contributed by atoms with Gasteiger partial charge in [-0.2, -0.15) is 0 Å². The molecule has 1 aliphatic heterocycles. The van der Waals surface area contributed by atoms with Crippen LogP contribution in [0.5, 0.6) is 0 Å². The molecule has 0 radical (unpaired) electrons. The Hall–Kier alpha value is -1.88. The van der Waals surface area contributed by atoms with Crippen molar-refractivity contribution in [3.8, 4) is 0 Å². The topological polar surface area (TPSA) is 75.6 Å². The molecule has 0 unspecified atom stereocenters. The van der Waals surface area contributed by atoms with Crippen LogP contribution in [0.1, 0.15) is 36.9 Å². The van der Waals surface area contributed by atoms with Gasteiger partial charge in [0.25, 0.3) is 0 Å². The van der Waals surface area contributed by atoms with Crippen molar-refractivity contribution in [2.45, 2.75) is 44.9 Å². The van der Waals surface area contributed by atoms with E-state index in [1.54, 1.807) is 0 Å². The second-order valence-corrected chi connectivity index (χ2v) is 5.12. The van der Waals surface area contributed by atoms with Crippen LogP contribution >= 0.6 is 0 Å². The van der Waals surface area contributed by atoms with Gasteiger partial charge in [-0.25, -0.2) is 4.79 Å². The maximum Gasteiger partial charge on any atom is 0.332 e. The Morgan fingerprint density at radius 3 is 2.55 bits per heavy atom. The molecule has 1 amide bonds. The molecule has 20 heavy (non-hydrogen) atoms. The average Bonchev–Trinajstić information content (AvgIpc) is 2.88. The fourth-order valence-electron chi connectivity index (χ4n) is 2.47. The standard InChI is InChI=1S/C15H19NO4/c1-9-5-3-4-6-11(9)10(2)16-14(17)12-7-8-13(20-12)15(18)19/h3-6,10,12-13H,7-8H2,1-2H3,(H,16,17)(H,18,19)/t10-,12-,13+/m0/s1. The number of benzene rings is 1. The molecule has 1 aliphatic rings. The third-order valence-electron chi connectivity index (χ3n) is 3.60.